The first-order valence-corrected chi connectivity index (χ1v) is 10.1. The summed E-state index contributed by atoms with van der Waals surface area (Å²) in [7, 11) is 0. The molecule has 0 unspecified atom stereocenters. The van der Waals surface area contributed by atoms with Gasteiger partial charge in [0, 0.05) is 50.7 Å². The number of hydrogen-bond acceptors (Lipinski definition) is 3. The topological polar surface area (TPSA) is 52.7 Å². The van der Waals surface area contributed by atoms with Gasteiger partial charge in [0.05, 0.1) is 0 Å². The highest BCUT2D eigenvalue weighted by atomic mass is 16.2. The zero-order valence-corrected chi connectivity index (χ0v) is 16.1. The van der Waals surface area contributed by atoms with Gasteiger partial charge >= 0.3 is 0 Å². The molecule has 5 heteroatoms. The second-order valence-electron chi connectivity index (χ2n) is 7.73. The Hall–Kier alpha value is -2.66. The van der Waals surface area contributed by atoms with Crippen LogP contribution in [-0.2, 0) is 22.6 Å². The number of nitrogens with one attached hydrogen (secondary N) is 1. The highest BCUT2D eigenvalue weighted by Crippen LogP contribution is 2.27. The van der Waals surface area contributed by atoms with E-state index >= 15 is 0 Å². The van der Waals surface area contributed by atoms with Crippen molar-refractivity contribution in [3.05, 3.63) is 65.7 Å². The van der Waals surface area contributed by atoms with Gasteiger partial charge in [-0.2, -0.15) is 0 Å². The van der Waals surface area contributed by atoms with Crippen molar-refractivity contribution in [1.29, 1.82) is 0 Å². The predicted molar refractivity (Wildman–Crippen MR) is 110 cm³/mol. The molecular weight excluding hydrogens is 350 g/mol. The first kappa shape index (κ1) is 18.7. The van der Waals surface area contributed by atoms with E-state index in [-0.39, 0.29) is 17.7 Å². The van der Waals surface area contributed by atoms with Crippen molar-refractivity contribution in [3.63, 3.8) is 0 Å². The SMILES string of the molecule is O=C1Nc2ccccc2C[C@@H]1CCC(=O)N1CCN(Cc2ccccc2)CC1. The fourth-order valence-electron chi connectivity index (χ4n) is 4.10. The number of para-hydroxylation sites is 1. The first-order valence-electron chi connectivity index (χ1n) is 10.1. The van der Waals surface area contributed by atoms with Crippen LogP contribution in [-0.4, -0.2) is 47.8 Å². The number of fused-ring (bicyclic) bond motifs is 1. The quantitative estimate of drug-likeness (QED) is 0.872. The van der Waals surface area contributed by atoms with Crippen LogP contribution in [0, 0.1) is 5.92 Å². The zero-order valence-electron chi connectivity index (χ0n) is 16.1. The molecular formula is C23H27N3O2. The summed E-state index contributed by atoms with van der Waals surface area (Å²) in [5.74, 6) is 0.100. The standard InChI is InChI=1S/C23H27N3O2/c27-22(11-10-20-16-19-8-4-5-9-21(19)24-23(20)28)26-14-12-25(13-15-26)17-18-6-2-1-3-7-18/h1-9,20H,10-17H2,(H,24,28)/t20-/m0/s1. The highest BCUT2D eigenvalue weighted by Gasteiger charge is 2.28. The van der Waals surface area contributed by atoms with Crippen LogP contribution < -0.4 is 5.32 Å². The van der Waals surface area contributed by atoms with Crippen LogP contribution in [0.25, 0.3) is 0 Å². The summed E-state index contributed by atoms with van der Waals surface area (Å²) in [6.07, 6.45) is 1.78. The van der Waals surface area contributed by atoms with E-state index in [4.69, 9.17) is 0 Å². The van der Waals surface area contributed by atoms with E-state index in [1.54, 1.807) is 0 Å². The molecule has 2 aromatic carbocycles. The lowest BCUT2D eigenvalue weighted by molar-refractivity contribution is -0.133. The Balaban J connectivity index is 1.23. The van der Waals surface area contributed by atoms with Gasteiger partial charge in [0.2, 0.25) is 11.8 Å². The Labute approximate surface area is 166 Å². The van der Waals surface area contributed by atoms with E-state index < -0.39 is 0 Å². The van der Waals surface area contributed by atoms with Gasteiger partial charge in [0.25, 0.3) is 0 Å². The van der Waals surface area contributed by atoms with Gasteiger partial charge in [-0.25, -0.2) is 0 Å². The molecule has 146 valence electrons. The van der Waals surface area contributed by atoms with Gasteiger partial charge in [0.1, 0.15) is 0 Å². The minimum Gasteiger partial charge on any atom is -0.340 e. The van der Waals surface area contributed by atoms with Crippen molar-refractivity contribution in [2.24, 2.45) is 5.92 Å². The molecule has 1 fully saturated rings. The summed E-state index contributed by atoms with van der Waals surface area (Å²) >= 11 is 0. The lowest BCUT2D eigenvalue weighted by atomic mass is 9.89. The molecule has 2 aromatic rings. The van der Waals surface area contributed by atoms with E-state index in [1.807, 2.05) is 29.2 Å². The maximum Gasteiger partial charge on any atom is 0.227 e. The van der Waals surface area contributed by atoms with E-state index in [1.165, 1.54) is 5.56 Å². The Kier molecular flexibility index (Phi) is 5.72. The van der Waals surface area contributed by atoms with Gasteiger partial charge < -0.3 is 10.2 Å². The van der Waals surface area contributed by atoms with Crippen LogP contribution >= 0.6 is 0 Å². The molecule has 1 atom stereocenters. The number of amides is 2. The maximum atomic E-state index is 12.6. The van der Waals surface area contributed by atoms with Crippen molar-refractivity contribution in [3.8, 4) is 0 Å². The number of carbonyl (C=O) groups is 2. The Bertz CT molecular complexity index is 829. The van der Waals surface area contributed by atoms with Gasteiger partial charge in [-0.3, -0.25) is 14.5 Å². The minimum atomic E-state index is -0.113. The van der Waals surface area contributed by atoms with Gasteiger partial charge in [0.15, 0.2) is 0 Å². The third-order valence-corrected chi connectivity index (χ3v) is 5.79. The number of benzene rings is 2. The number of carbonyl (C=O) groups excluding carboxylic acids is 2. The number of nitrogens with zero attached hydrogens (tertiary/aromatic N) is 2. The van der Waals surface area contributed by atoms with Gasteiger partial charge in [-0.15, -0.1) is 0 Å². The van der Waals surface area contributed by atoms with Crippen molar-refractivity contribution in [1.82, 2.24) is 9.80 Å². The van der Waals surface area contributed by atoms with Crippen molar-refractivity contribution in [2.75, 3.05) is 31.5 Å². The number of rotatable bonds is 5. The lowest BCUT2D eigenvalue weighted by Gasteiger charge is -2.35. The summed E-state index contributed by atoms with van der Waals surface area (Å²) in [5, 5.41) is 2.97. The molecule has 0 aliphatic carbocycles. The van der Waals surface area contributed by atoms with Crippen LogP contribution in [0.1, 0.15) is 24.0 Å². The van der Waals surface area contributed by atoms with E-state index in [0.717, 1.165) is 50.4 Å². The second-order valence-corrected chi connectivity index (χ2v) is 7.73. The normalized spacial score (nSPS) is 19.8. The summed E-state index contributed by atoms with van der Waals surface area (Å²) < 4.78 is 0. The fourth-order valence-corrected chi connectivity index (χ4v) is 4.10. The molecule has 5 nitrogen and oxygen atoms in total. The monoisotopic (exact) mass is 377 g/mol. The van der Waals surface area contributed by atoms with Crippen molar-refractivity contribution < 1.29 is 9.59 Å². The fraction of sp³-hybridized carbons (Fsp3) is 0.391. The summed E-state index contributed by atoms with van der Waals surface area (Å²) in [5.41, 5.74) is 3.38. The molecule has 1 N–H and O–H groups in total. The summed E-state index contributed by atoms with van der Waals surface area (Å²) in [6.45, 7) is 4.27. The molecule has 2 amide bonds. The van der Waals surface area contributed by atoms with Gasteiger partial charge in [-0.05, 0) is 30.0 Å². The Morgan fingerprint density at radius 1 is 0.964 bits per heavy atom. The molecule has 0 saturated carbocycles. The Morgan fingerprint density at radius 2 is 1.68 bits per heavy atom. The number of anilines is 1. The van der Waals surface area contributed by atoms with Crippen LogP contribution in [0.5, 0.6) is 0 Å². The molecule has 0 spiro atoms. The molecule has 2 aliphatic heterocycles. The first-order chi connectivity index (χ1) is 13.7. The van der Waals surface area contributed by atoms with Gasteiger partial charge in [-0.1, -0.05) is 48.5 Å². The molecule has 2 aliphatic rings. The third kappa shape index (κ3) is 4.42. The molecule has 2 heterocycles. The van der Waals surface area contributed by atoms with Crippen LogP contribution in [0.2, 0.25) is 0 Å². The molecule has 28 heavy (non-hydrogen) atoms. The van der Waals surface area contributed by atoms with E-state index in [0.29, 0.717) is 12.8 Å². The predicted octanol–water partition coefficient (Wildman–Crippen LogP) is 2.92. The van der Waals surface area contributed by atoms with Crippen LogP contribution in [0.3, 0.4) is 0 Å². The number of hydrogen-bond donors (Lipinski definition) is 1. The maximum absolute atomic E-state index is 12.6. The average molecular weight is 377 g/mol. The van der Waals surface area contributed by atoms with Crippen molar-refractivity contribution >= 4 is 17.5 Å². The summed E-state index contributed by atoms with van der Waals surface area (Å²) in [4.78, 5) is 29.3. The second kappa shape index (κ2) is 8.57. The van der Waals surface area contributed by atoms with E-state index in [9.17, 15) is 9.59 Å². The molecule has 0 aromatic heterocycles. The van der Waals surface area contributed by atoms with E-state index in [2.05, 4.69) is 40.5 Å². The number of piperazine rings is 1. The average Bonchev–Trinajstić information content (AvgIpc) is 2.73. The summed E-state index contributed by atoms with van der Waals surface area (Å²) in [6, 6.07) is 18.4. The smallest absolute Gasteiger partial charge is 0.227 e. The lowest BCUT2D eigenvalue weighted by Crippen LogP contribution is -2.48. The molecule has 0 radical (unpaired) electrons. The molecule has 1 saturated heterocycles. The van der Waals surface area contributed by atoms with Crippen LogP contribution in [0.15, 0.2) is 54.6 Å². The highest BCUT2D eigenvalue weighted by molar-refractivity contribution is 5.96. The van der Waals surface area contributed by atoms with Crippen LogP contribution in [0.4, 0.5) is 5.69 Å². The molecule has 4 rings (SSSR count). The zero-order chi connectivity index (χ0) is 19.3. The molecule has 0 bridgehead atoms. The minimum absolute atomic E-state index is 0.0409. The van der Waals surface area contributed by atoms with Crippen molar-refractivity contribution in [2.45, 2.75) is 25.8 Å². The largest absolute Gasteiger partial charge is 0.340 e. The Morgan fingerprint density at radius 3 is 2.46 bits per heavy atom. The third-order valence-electron chi connectivity index (χ3n) is 5.79.